The van der Waals surface area contributed by atoms with Crippen molar-refractivity contribution in [3.63, 3.8) is 0 Å². The molecule has 0 bridgehead atoms. The van der Waals surface area contributed by atoms with E-state index >= 15 is 0 Å². The zero-order chi connectivity index (χ0) is 74.6. The van der Waals surface area contributed by atoms with Crippen LogP contribution in [0.1, 0.15) is 400 Å². The van der Waals surface area contributed by atoms with Gasteiger partial charge in [-0.25, -0.2) is 9.13 Å². The summed E-state index contributed by atoms with van der Waals surface area (Å²) < 4.78 is 68.7. The zero-order valence-corrected chi connectivity index (χ0v) is 67.3. The van der Waals surface area contributed by atoms with Crippen molar-refractivity contribution in [1.82, 2.24) is 0 Å². The first-order chi connectivity index (χ1) is 49.7. The minimum absolute atomic E-state index is 0.0917. The van der Waals surface area contributed by atoms with E-state index in [0.717, 1.165) is 96.3 Å². The molecule has 0 aliphatic rings. The Morgan fingerprint density at radius 3 is 0.775 bits per heavy atom. The van der Waals surface area contributed by atoms with E-state index in [1.54, 1.807) is 0 Å². The van der Waals surface area contributed by atoms with E-state index in [1.165, 1.54) is 218 Å². The van der Waals surface area contributed by atoms with E-state index < -0.39 is 97.5 Å². The van der Waals surface area contributed by atoms with Crippen molar-refractivity contribution in [3.8, 4) is 0 Å². The van der Waals surface area contributed by atoms with Gasteiger partial charge in [-0.15, -0.1) is 0 Å². The molecule has 0 saturated carbocycles. The molecule has 19 heteroatoms. The van der Waals surface area contributed by atoms with Gasteiger partial charge in [0, 0.05) is 25.7 Å². The molecule has 3 N–H and O–H groups in total. The van der Waals surface area contributed by atoms with Gasteiger partial charge in [-0.2, -0.15) is 0 Å². The molecule has 0 radical (unpaired) electrons. The SMILES string of the molecule is CCCCC/C=C\C/C=C\C/C=C\C/C=C\CCCC(=O)OC[C@H](COP(=O)(O)OC[C@H](O)COP(=O)(O)OC[C@@H](COC(=O)CCCCCCCCCCCCCCC)OC(=O)CCCCCCCCCCCCCCCCC)OC(=O)CCCCCCCCCCCCCCCCCCC. The Labute approximate surface area is 623 Å². The molecule has 0 heterocycles. The van der Waals surface area contributed by atoms with Gasteiger partial charge >= 0.3 is 39.5 Å². The average Bonchev–Trinajstić information content (AvgIpc) is 0.943. The topological polar surface area (TPSA) is 237 Å². The maximum Gasteiger partial charge on any atom is 0.472 e. The lowest BCUT2D eigenvalue weighted by molar-refractivity contribution is -0.161. The summed E-state index contributed by atoms with van der Waals surface area (Å²) in [5.41, 5.74) is 0. The molecule has 0 aliphatic carbocycles. The van der Waals surface area contributed by atoms with Crippen LogP contribution in [0.15, 0.2) is 48.6 Å². The number of allylic oxidation sites excluding steroid dienone is 8. The molecule has 598 valence electrons. The number of esters is 4. The highest BCUT2D eigenvalue weighted by Crippen LogP contribution is 2.45. The highest BCUT2D eigenvalue weighted by Gasteiger charge is 2.30. The molecule has 0 aromatic heterocycles. The molecule has 0 aliphatic heterocycles. The van der Waals surface area contributed by atoms with E-state index in [1.807, 2.05) is 12.2 Å². The molecule has 0 fully saturated rings. The molecule has 102 heavy (non-hydrogen) atoms. The molecular formula is C83H154O17P2. The van der Waals surface area contributed by atoms with Gasteiger partial charge < -0.3 is 33.8 Å². The van der Waals surface area contributed by atoms with Crippen LogP contribution < -0.4 is 0 Å². The van der Waals surface area contributed by atoms with E-state index in [-0.39, 0.29) is 25.7 Å². The summed E-state index contributed by atoms with van der Waals surface area (Å²) in [6, 6.07) is 0. The summed E-state index contributed by atoms with van der Waals surface area (Å²) in [4.78, 5) is 73.1. The highest BCUT2D eigenvalue weighted by molar-refractivity contribution is 7.47. The Hall–Kier alpha value is -2.98. The normalized spacial score (nSPS) is 14.1. The van der Waals surface area contributed by atoms with Crippen LogP contribution in [0, 0.1) is 0 Å². The monoisotopic (exact) mass is 1490 g/mol. The van der Waals surface area contributed by atoms with Gasteiger partial charge in [-0.3, -0.25) is 37.3 Å². The third kappa shape index (κ3) is 75.3. The molecule has 0 rings (SSSR count). The summed E-state index contributed by atoms with van der Waals surface area (Å²) in [6.45, 7) is 4.90. The van der Waals surface area contributed by atoms with Gasteiger partial charge in [0.15, 0.2) is 12.2 Å². The summed E-state index contributed by atoms with van der Waals surface area (Å²) in [5, 5.41) is 10.6. The minimum Gasteiger partial charge on any atom is -0.462 e. The number of rotatable bonds is 80. The quantitative estimate of drug-likeness (QED) is 0.0169. The Kier molecular flexibility index (Phi) is 74.0. The fourth-order valence-corrected chi connectivity index (χ4v) is 13.5. The summed E-state index contributed by atoms with van der Waals surface area (Å²) in [5.74, 6) is -2.19. The lowest BCUT2D eigenvalue weighted by Crippen LogP contribution is -2.30. The third-order valence-electron chi connectivity index (χ3n) is 18.3. The minimum atomic E-state index is -4.98. The van der Waals surface area contributed by atoms with Crippen molar-refractivity contribution < 1.29 is 80.2 Å². The van der Waals surface area contributed by atoms with Crippen LogP contribution in [0.2, 0.25) is 0 Å². The largest absolute Gasteiger partial charge is 0.472 e. The van der Waals surface area contributed by atoms with Gasteiger partial charge in [-0.1, -0.05) is 359 Å². The average molecular weight is 1490 g/mol. The van der Waals surface area contributed by atoms with Crippen molar-refractivity contribution in [2.45, 2.75) is 418 Å². The number of unbranched alkanes of at least 4 members (excludes halogenated alkanes) is 46. The maximum absolute atomic E-state index is 13.1. The van der Waals surface area contributed by atoms with Crippen LogP contribution in [0.25, 0.3) is 0 Å². The number of phosphoric ester groups is 2. The molecular weight excluding hydrogens is 1330 g/mol. The second-order valence-corrected chi connectivity index (χ2v) is 31.4. The van der Waals surface area contributed by atoms with Gasteiger partial charge in [-0.05, 0) is 64.2 Å². The number of aliphatic hydroxyl groups is 1. The van der Waals surface area contributed by atoms with Crippen LogP contribution in [-0.4, -0.2) is 96.7 Å². The molecule has 5 atom stereocenters. The van der Waals surface area contributed by atoms with Gasteiger partial charge in [0.05, 0.1) is 26.4 Å². The predicted octanol–water partition coefficient (Wildman–Crippen LogP) is 24.5. The van der Waals surface area contributed by atoms with Crippen molar-refractivity contribution >= 4 is 39.5 Å². The van der Waals surface area contributed by atoms with Crippen LogP contribution in [0.5, 0.6) is 0 Å². The number of ether oxygens (including phenoxy) is 4. The molecule has 0 saturated heterocycles. The number of aliphatic hydroxyl groups excluding tert-OH is 1. The molecule has 17 nitrogen and oxygen atoms in total. The lowest BCUT2D eigenvalue weighted by atomic mass is 10.0. The van der Waals surface area contributed by atoms with Gasteiger partial charge in [0.25, 0.3) is 0 Å². The number of carbonyl (C=O) groups excluding carboxylic acids is 4. The molecule has 0 aromatic carbocycles. The first kappa shape index (κ1) is 99.0. The first-order valence-electron chi connectivity index (χ1n) is 41.9. The second-order valence-electron chi connectivity index (χ2n) is 28.4. The Bertz CT molecular complexity index is 2120. The van der Waals surface area contributed by atoms with E-state index in [0.29, 0.717) is 32.1 Å². The van der Waals surface area contributed by atoms with Crippen LogP contribution >= 0.6 is 15.6 Å². The lowest BCUT2D eigenvalue weighted by Gasteiger charge is -2.21. The molecule has 0 aromatic rings. The van der Waals surface area contributed by atoms with Crippen LogP contribution in [0.4, 0.5) is 0 Å². The van der Waals surface area contributed by atoms with Gasteiger partial charge in [0.2, 0.25) is 0 Å². The fourth-order valence-electron chi connectivity index (χ4n) is 11.9. The predicted molar refractivity (Wildman–Crippen MR) is 418 cm³/mol. The summed E-state index contributed by atoms with van der Waals surface area (Å²) >= 11 is 0. The number of hydrogen-bond donors (Lipinski definition) is 3. The Balaban J connectivity index is 5.35. The number of carbonyl (C=O) groups is 4. The van der Waals surface area contributed by atoms with E-state index in [9.17, 15) is 43.2 Å². The van der Waals surface area contributed by atoms with Crippen molar-refractivity contribution in [3.05, 3.63) is 48.6 Å². The smallest absolute Gasteiger partial charge is 0.462 e. The Morgan fingerprint density at radius 1 is 0.275 bits per heavy atom. The fraction of sp³-hybridized carbons (Fsp3) is 0.855. The molecule has 2 unspecified atom stereocenters. The van der Waals surface area contributed by atoms with Crippen molar-refractivity contribution in [2.24, 2.45) is 0 Å². The van der Waals surface area contributed by atoms with Crippen LogP contribution in [-0.2, 0) is 65.4 Å². The van der Waals surface area contributed by atoms with Crippen molar-refractivity contribution in [2.75, 3.05) is 39.6 Å². The maximum atomic E-state index is 13.1. The first-order valence-corrected chi connectivity index (χ1v) is 44.9. The summed E-state index contributed by atoms with van der Waals surface area (Å²) in [6.07, 6.45) is 75.1. The third-order valence-corrected chi connectivity index (χ3v) is 20.2. The molecule has 0 spiro atoms. The summed E-state index contributed by atoms with van der Waals surface area (Å²) in [7, 11) is -9.95. The second kappa shape index (κ2) is 76.2. The molecule has 0 amide bonds. The van der Waals surface area contributed by atoms with E-state index in [4.69, 9.17) is 37.0 Å². The van der Waals surface area contributed by atoms with Crippen LogP contribution in [0.3, 0.4) is 0 Å². The number of phosphoric acid groups is 2. The Morgan fingerprint density at radius 2 is 0.490 bits per heavy atom. The standard InChI is InChI=1S/C83H154O17P2/c1-5-9-13-17-21-25-29-33-36-38-41-44-48-52-56-60-64-68-81(86)94-74-79(100-83(88)70-66-62-58-54-50-46-42-39-37-34-30-26-22-18-14-10-6-2)76-98-102(91,92)96-72-77(84)71-95-101(89,90)97-75-78(73-93-80(85)67-63-59-55-51-47-43-32-28-24-20-16-12-8-4)99-82(87)69-65-61-57-53-49-45-40-35-31-27-23-19-15-11-7-3/h21,25,33,36,41,44,52,56,77-79,84H,5-20,22-24,26-32,34-35,37-40,42-43,45-51,53-55,57-76H2,1-4H3,(H,89,90)(H,91,92)/b25-21-,36-33-,44-41-,56-52-/t77-,78-,79-/m1/s1. The van der Waals surface area contributed by atoms with E-state index in [2.05, 4.69) is 64.2 Å². The van der Waals surface area contributed by atoms with Crippen molar-refractivity contribution in [1.29, 1.82) is 0 Å². The van der Waals surface area contributed by atoms with Gasteiger partial charge in [0.1, 0.15) is 19.3 Å². The number of hydrogen-bond acceptors (Lipinski definition) is 15. The highest BCUT2D eigenvalue weighted by atomic mass is 31.2. The zero-order valence-electron chi connectivity index (χ0n) is 65.6.